The Kier molecular flexibility index (Phi) is 3.54. The molecule has 1 saturated heterocycles. The number of hydrogen-bond acceptors (Lipinski definition) is 4. The Bertz CT molecular complexity index is 582. The summed E-state index contributed by atoms with van der Waals surface area (Å²) in [6.07, 6.45) is 2.02. The maximum Gasteiger partial charge on any atom is 0.138 e. The molecule has 1 aliphatic heterocycles. The molecule has 1 aliphatic rings. The molecule has 4 nitrogen and oxygen atoms in total. The zero-order chi connectivity index (χ0) is 14.1. The number of aromatic nitrogens is 1. The zero-order valence-corrected chi connectivity index (χ0v) is 11.3. The summed E-state index contributed by atoms with van der Waals surface area (Å²) in [5.74, 6) is 0.554. The van der Waals surface area contributed by atoms with Gasteiger partial charge in [-0.2, -0.15) is 0 Å². The van der Waals surface area contributed by atoms with Gasteiger partial charge in [-0.05, 0) is 31.0 Å². The quantitative estimate of drug-likeness (QED) is 0.935. The fourth-order valence-electron chi connectivity index (χ4n) is 2.78. The van der Waals surface area contributed by atoms with Crippen molar-refractivity contribution in [1.82, 2.24) is 10.1 Å². The number of rotatable bonds is 3. The number of nitrogens with zero attached hydrogens (tertiary/aromatic N) is 2. The SMILES string of the molecule is Cc1oncc1CN1C[C@H](O)C[C@H]1c1ccc(F)cc1. The molecule has 3 rings (SSSR count). The first-order chi connectivity index (χ1) is 9.63. The second kappa shape index (κ2) is 5.34. The average molecular weight is 276 g/mol. The first kappa shape index (κ1) is 13.3. The fourth-order valence-corrected chi connectivity index (χ4v) is 2.78. The van der Waals surface area contributed by atoms with Crippen LogP contribution in [0, 0.1) is 12.7 Å². The molecule has 0 aliphatic carbocycles. The van der Waals surface area contributed by atoms with E-state index in [4.69, 9.17) is 4.52 Å². The number of hydrogen-bond donors (Lipinski definition) is 1. The van der Waals surface area contributed by atoms with Gasteiger partial charge >= 0.3 is 0 Å². The summed E-state index contributed by atoms with van der Waals surface area (Å²) in [5.41, 5.74) is 2.04. The summed E-state index contributed by atoms with van der Waals surface area (Å²) >= 11 is 0. The minimum absolute atomic E-state index is 0.0971. The molecular formula is C15H17FN2O2. The number of halogens is 1. The van der Waals surface area contributed by atoms with Gasteiger partial charge in [-0.3, -0.25) is 4.90 Å². The van der Waals surface area contributed by atoms with Crippen molar-refractivity contribution in [3.63, 3.8) is 0 Å². The molecule has 2 atom stereocenters. The largest absolute Gasteiger partial charge is 0.392 e. The predicted octanol–water partition coefficient (Wildman–Crippen LogP) is 2.43. The number of likely N-dealkylation sites (tertiary alicyclic amines) is 1. The normalized spacial score (nSPS) is 23.4. The Balaban J connectivity index is 1.81. The maximum absolute atomic E-state index is 13.0. The minimum atomic E-state index is -0.356. The summed E-state index contributed by atoms with van der Waals surface area (Å²) < 4.78 is 18.1. The van der Waals surface area contributed by atoms with Crippen LogP contribution < -0.4 is 0 Å². The van der Waals surface area contributed by atoms with Crippen molar-refractivity contribution >= 4 is 0 Å². The first-order valence-corrected chi connectivity index (χ1v) is 6.71. The molecule has 0 radical (unpaired) electrons. The molecule has 0 saturated carbocycles. The van der Waals surface area contributed by atoms with Gasteiger partial charge in [0.1, 0.15) is 11.6 Å². The van der Waals surface area contributed by atoms with Crippen molar-refractivity contribution in [2.24, 2.45) is 0 Å². The number of aryl methyl sites for hydroxylation is 1. The van der Waals surface area contributed by atoms with E-state index in [9.17, 15) is 9.50 Å². The van der Waals surface area contributed by atoms with Gasteiger partial charge in [0.05, 0.1) is 12.3 Å². The Morgan fingerprint density at radius 3 is 2.80 bits per heavy atom. The third-order valence-electron chi connectivity index (χ3n) is 3.86. The van der Waals surface area contributed by atoms with Crippen molar-refractivity contribution in [3.05, 3.63) is 53.2 Å². The first-order valence-electron chi connectivity index (χ1n) is 6.71. The topological polar surface area (TPSA) is 49.5 Å². The lowest BCUT2D eigenvalue weighted by molar-refractivity contribution is 0.172. The van der Waals surface area contributed by atoms with Gasteiger partial charge in [0.2, 0.25) is 0 Å². The van der Waals surface area contributed by atoms with E-state index < -0.39 is 0 Å². The van der Waals surface area contributed by atoms with Gasteiger partial charge < -0.3 is 9.63 Å². The van der Waals surface area contributed by atoms with Gasteiger partial charge in [0, 0.05) is 24.7 Å². The van der Waals surface area contributed by atoms with Crippen LogP contribution in [0.15, 0.2) is 35.0 Å². The minimum Gasteiger partial charge on any atom is -0.392 e. The van der Waals surface area contributed by atoms with Crippen LogP contribution in [0.3, 0.4) is 0 Å². The highest BCUT2D eigenvalue weighted by Crippen LogP contribution is 2.33. The number of benzene rings is 1. The molecule has 5 heteroatoms. The molecule has 106 valence electrons. The van der Waals surface area contributed by atoms with Crippen molar-refractivity contribution < 1.29 is 14.0 Å². The van der Waals surface area contributed by atoms with E-state index in [0.29, 0.717) is 19.5 Å². The Morgan fingerprint density at radius 2 is 2.15 bits per heavy atom. The number of aliphatic hydroxyl groups excluding tert-OH is 1. The summed E-state index contributed by atoms with van der Waals surface area (Å²) in [6.45, 7) is 3.16. The van der Waals surface area contributed by atoms with Gasteiger partial charge in [-0.15, -0.1) is 0 Å². The van der Waals surface area contributed by atoms with E-state index >= 15 is 0 Å². The van der Waals surface area contributed by atoms with E-state index in [1.165, 1.54) is 12.1 Å². The number of aliphatic hydroxyl groups is 1. The lowest BCUT2D eigenvalue weighted by atomic mass is 10.0. The maximum atomic E-state index is 13.0. The molecule has 2 heterocycles. The Labute approximate surface area is 116 Å². The van der Waals surface area contributed by atoms with E-state index in [0.717, 1.165) is 16.9 Å². The van der Waals surface area contributed by atoms with Crippen LogP contribution in [0.4, 0.5) is 4.39 Å². The second-order valence-corrected chi connectivity index (χ2v) is 5.29. The van der Waals surface area contributed by atoms with E-state index in [1.54, 1.807) is 18.3 Å². The van der Waals surface area contributed by atoms with Crippen LogP contribution in [0.1, 0.15) is 29.3 Å². The molecule has 20 heavy (non-hydrogen) atoms. The average Bonchev–Trinajstić information content (AvgIpc) is 2.98. The lowest BCUT2D eigenvalue weighted by Crippen LogP contribution is -2.24. The third kappa shape index (κ3) is 2.59. The third-order valence-corrected chi connectivity index (χ3v) is 3.86. The zero-order valence-electron chi connectivity index (χ0n) is 11.3. The van der Waals surface area contributed by atoms with Gasteiger partial charge in [0.15, 0.2) is 0 Å². The molecule has 0 bridgehead atoms. The molecule has 1 aromatic carbocycles. The lowest BCUT2D eigenvalue weighted by Gasteiger charge is -2.24. The molecule has 0 spiro atoms. The molecule has 0 unspecified atom stereocenters. The summed E-state index contributed by atoms with van der Waals surface area (Å²) in [4.78, 5) is 2.18. The highest BCUT2D eigenvalue weighted by atomic mass is 19.1. The van der Waals surface area contributed by atoms with Gasteiger partial charge in [-0.25, -0.2) is 4.39 Å². The molecular weight excluding hydrogens is 259 g/mol. The van der Waals surface area contributed by atoms with E-state index in [-0.39, 0.29) is 18.0 Å². The van der Waals surface area contributed by atoms with Gasteiger partial charge in [0.25, 0.3) is 0 Å². The fraction of sp³-hybridized carbons (Fsp3) is 0.400. The predicted molar refractivity (Wildman–Crippen MR) is 71.4 cm³/mol. The van der Waals surface area contributed by atoms with Crippen molar-refractivity contribution in [3.8, 4) is 0 Å². The summed E-state index contributed by atoms with van der Waals surface area (Å²) in [5, 5.41) is 13.7. The van der Waals surface area contributed by atoms with Crippen molar-refractivity contribution in [2.75, 3.05) is 6.54 Å². The Morgan fingerprint density at radius 1 is 1.40 bits per heavy atom. The van der Waals surface area contributed by atoms with Crippen LogP contribution in [-0.4, -0.2) is 27.8 Å². The molecule has 1 N–H and O–H groups in total. The monoisotopic (exact) mass is 276 g/mol. The van der Waals surface area contributed by atoms with Crippen LogP contribution in [0.5, 0.6) is 0 Å². The molecule has 0 amide bonds. The van der Waals surface area contributed by atoms with Crippen molar-refractivity contribution in [1.29, 1.82) is 0 Å². The highest BCUT2D eigenvalue weighted by Gasteiger charge is 2.32. The van der Waals surface area contributed by atoms with Crippen LogP contribution in [0.2, 0.25) is 0 Å². The van der Waals surface area contributed by atoms with Crippen molar-refractivity contribution in [2.45, 2.75) is 32.0 Å². The number of β-amino-alcohol motifs (C(OH)–C–C–N with tert-alkyl or cyclic N) is 1. The van der Waals surface area contributed by atoms with E-state index in [1.807, 2.05) is 6.92 Å². The Hall–Kier alpha value is -1.72. The molecule has 1 aromatic heterocycles. The summed E-state index contributed by atoms with van der Waals surface area (Å²) in [7, 11) is 0. The molecule has 2 aromatic rings. The van der Waals surface area contributed by atoms with Crippen LogP contribution in [-0.2, 0) is 6.54 Å². The van der Waals surface area contributed by atoms with Gasteiger partial charge in [-0.1, -0.05) is 17.3 Å². The van der Waals surface area contributed by atoms with Crippen LogP contribution in [0.25, 0.3) is 0 Å². The highest BCUT2D eigenvalue weighted by molar-refractivity contribution is 5.22. The summed E-state index contributed by atoms with van der Waals surface area (Å²) in [6, 6.07) is 6.59. The second-order valence-electron chi connectivity index (χ2n) is 5.29. The standard InChI is InChI=1S/C15H17FN2O2/c1-10-12(7-17-20-10)8-18-9-14(19)6-15(18)11-2-4-13(16)5-3-11/h2-5,7,14-15,19H,6,8-9H2,1H3/t14-,15+/m1/s1. The van der Waals surface area contributed by atoms with E-state index in [2.05, 4.69) is 10.1 Å². The smallest absolute Gasteiger partial charge is 0.138 e. The molecule has 1 fully saturated rings. The van der Waals surface area contributed by atoms with Crippen LogP contribution >= 0.6 is 0 Å².